The molecule has 0 aliphatic rings. The molecule has 94 valence electrons. The molecule has 5 nitrogen and oxygen atoms in total. The molecule has 0 bridgehead atoms. The molecule has 0 amide bonds. The van der Waals surface area contributed by atoms with Crippen molar-refractivity contribution in [3.8, 4) is 17.8 Å². The maximum absolute atomic E-state index is 9.14. The van der Waals surface area contributed by atoms with E-state index in [1.54, 1.807) is 28.9 Å². The van der Waals surface area contributed by atoms with Gasteiger partial charge in [0.15, 0.2) is 0 Å². The molecule has 1 aromatic carbocycles. The minimum Gasteiger partial charge on any atom is -0.382 e. The smallest absolute Gasteiger partial charge is 0.145 e. The van der Waals surface area contributed by atoms with Crippen LogP contribution in [0.4, 0.5) is 5.82 Å². The molecule has 0 radical (unpaired) electrons. The third-order valence-corrected chi connectivity index (χ3v) is 2.83. The van der Waals surface area contributed by atoms with Crippen molar-refractivity contribution in [3.05, 3.63) is 41.1 Å². The fourth-order valence-corrected chi connectivity index (χ4v) is 1.89. The Morgan fingerprint density at radius 1 is 1.21 bits per heavy atom. The van der Waals surface area contributed by atoms with Gasteiger partial charge in [0, 0.05) is 0 Å². The second-order valence-corrected chi connectivity index (χ2v) is 4.14. The van der Waals surface area contributed by atoms with Crippen molar-refractivity contribution in [1.29, 1.82) is 10.5 Å². The first-order valence-electron chi connectivity index (χ1n) is 5.99. The quantitative estimate of drug-likeness (QED) is 0.904. The largest absolute Gasteiger partial charge is 0.382 e. The summed E-state index contributed by atoms with van der Waals surface area (Å²) in [4.78, 5) is 0. The van der Waals surface area contributed by atoms with Crippen molar-refractivity contribution in [1.82, 2.24) is 9.78 Å². The van der Waals surface area contributed by atoms with E-state index in [0.29, 0.717) is 22.6 Å². The second kappa shape index (κ2) is 5.24. The van der Waals surface area contributed by atoms with Crippen molar-refractivity contribution in [2.45, 2.75) is 19.8 Å². The first kappa shape index (κ1) is 12.7. The van der Waals surface area contributed by atoms with Gasteiger partial charge in [-0.25, -0.2) is 4.68 Å². The Labute approximate surface area is 111 Å². The van der Waals surface area contributed by atoms with Crippen LogP contribution >= 0.6 is 0 Å². The zero-order chi connectivity index (χ0) is 13.8. The van der Waals surface area contributed by atoms with Crippen LogP contribution < -0.4 is 5.73 Å². The lowest BCUT2D eigenvalue weighted by Crippen LogP contribution is -2.02. The SMILES string of the molecule is CCCc1nn(-c2ccc(C#N)cc2)c(N)c1C#N. The summed E-state index contributed by atoms with van der Waals surface area (Å²) in [5, 5.41) is 22.3. The highest BCUT2D eigenvalue weighted by Gasteiger charge is 2.15. The van der Waals surface area contributed by atoms with Gasteiger partial charge in [0.05, 0.1) is 23.0 Å². The molecule has 5 heteroatoms. The molecule has 0 saturated carbocycles. The lowest BCUT2D eigenvalue weighted by molar-refractivity contribution is 0.810. The molecule has 19 heavy (non-hydrogen) atoms. The van der Waals surface area contributed by atoms with Gasteiger partial charge in [-0.05, 0) is 30.7 Å². The Balaban J connectivity index is 2.50. The minimum absolute atomic E-state index is 0.343. The van der Waals surface area contributed by atoms with Crippen molar-refractivity contribution in [2.75, 3.05) is 5.73 Å². The average Bonchev–Trinajstić information content (AvgIpc) is 2.75. The Morgan fingerprint density at radius 3 is 2.42 bits per heavy atom. The highest BCUT2D eigenvalue weighted by molar-refractivity contribution is 5.56. The number of aryl methyl sites for hydroxylation is 1. The standard InChI is InChI=1S/C14H13N5/c1-2-3-13-12(9-16)14(17)19(18-13)11-6-4-10(8-15)5-7-11/h4-7H,2-3,17H2,1H3. The second-order valence-electron chi connectivity index (χ2n) is 4.14. The summed E-state index contributed by atoms with van der Waals surface area (Å²) in [7, 11) is 0. The van der Waals surface area contributed by atoms with Crippen LogP contribution in [0.15, 0.2) is 24.3 Å². The van der Waals surface area contributed by atoms with Crippen LogP contribution in [-0.4, -0.2) is 9.78 Å². The van der Waals surface area contributed by atoms with E-state index in [2.05, 4.69) is 17.2 Å². The lowest BCUT2D eigenvalue weighted by atomic mass is 10.1. The van der Waals surface area contributed by atoms with Crippen LogP contribution in [0.25, 0.3) is 5.69 Å². The van der Waals surface area contributed by atoms with Crippen molar-refractivity contribution in [3.63, 3.8) is 0 Å². The summed E-state index contributed by atoms with van der Waals surface area (Å²) < 4.78 is 1.55. The first-order chi connectivity index (χ1) is 9.21. The molecule has 0 spiro atoms. The van der Waals surface area contributed by atoms with Crippen molar-refractivity contribution >= 4 is 5.82 Å². The van der Waals surface area contributed by atoms with E-state index in [1.165, 1.54) is 0 Å². The van der Waals surface area contributed by atoms with Crippen LogP contribution in [0.3, 0.4) is 0 Å². The number of nitriles is 2. The topological polar surface area (TPSA) is 91.4 Å². The average molecular weight is 251 g/mol. The van der Waals surface area contributed by atoms with Gasteiger partial charge in [0.2, 0.25) is 0 Å². The van der Waals surface area contributed by atoms with E-state index < -0.39 is 0 Å². The molecular weight excluding hydrogens is 238 g/mol. The lowest BCUT2D eigenvalue weighted by Gasteiger charge is -2.03. The van der Waals surface area contributed by atoms with Gasteiger partial charge < -0.3 is 5.73 Å². The molecular formula is C14H13N5. The minimum atomic E-state index is 0.343. The highest BCUT2D eigenvalue weighted by Crippen LogP contribution is 2.21. The predicted octanol–water partition coefficient (Wildman–Crippen LogP) is 2.15. The summed E-state index contributed by atoms with van der Waals surface area (Å²) >= 11 is 0. The number of nitrogen functional groups attached to an aromatic ring is 1. The van der Waals surface area contributed by atoms with Crippen LogP contribution in [0.2, 0.25) is 0 Å². The van der Waals surface area contributed by atoms with Crippen molar-refractivity contribution in [2.24, 2.45) is 0 Å². The van der Waals surface area contributed by atoms with E-state index in [4.69, 9.17) is 16.3 Å². The van der Waals surface area contributed by atoms with Crippen molar-refractivity contribution < 1.29 is 0 Å². The normalized spacial score (nSPS) is 9.84. The van der Waals surface area contributed by atoms with E-state index >= 15 is 0 Å². The van der Waals surface area contributed by atoms with E-state index in [-0.39, 0.29) is 0 Å². The summed E-state index contributed by atoms with van der Waals surface area (Å²) in [5.74, 6) is 0.343. The number of nitrogens with zero attached hydrogens (tertiary/aromatic N) is 4. The van der Waals surface area contributed by atoms with Crippen LogP contribution in [0.5, 0.6) is 0 Å². The molecule has 1 heterocycles. The predicted molar refractivity (Wildman–Crippen MR) is 71.4 cm³/mol. The van der Waals surface area contributed by atoms with Gasteiger partial charge in [0.25, 0.3) is 0 Å². The van der Waals surface area contributed by atoms with E-state index in [1.807, 2.05) is 6.92 Å². The number of hydrogen-bond acceptors (Lipinski definition) is 4. The molecule has 2 N–H and O–H groups in total. The Bertz CT molecular complexity index is 668. The molecule has 0 aliphatic carbocycles. The van der Waals surface area contributed by atoms with Gasteiger partial charge in [-0.3, -0.25) is 0 Å². The zero-order valence-corrected chi connectivity index (χ0v) is 10.6. The fraction of sp³-hybridized carbons (Fsp3) is 0.214. The third-order valence-electron chi connectivity index (χ3n) is 2.83. The number of anilines is 1. The molecule has 0 unspecified atom stereocenters. The Kier molecular flexibility index (Phi) is 3.49. The highest BCUT2D eigenvalue weighted by atomic mass is 15.3. The fourth-order valence-electron chi connectivity index (χ4n) is 1.89. The number of benzene rings is 1. The maximum Gasteiger partial charge on any atom is 0.145 e. The summed E-state index contributed by atoms with van der Waals surface area (Å²) in [6.07, 6.45) is 1.62. The molecule has 0 fully saturated rings. The summed E-state index contributed by atoms with van der Waals surface area (Å²) in [6.45, 7) is 2.03. The van der Waals surface area contributed by atoms with Crippen LogP contribution in [0.1, 0.15) is 30.2 Å². The van der Waals surface area contributed by atoms with Gasteiger partial charge >= 0.3 is 0 Å². The number of rotatable bonds is 3. The monoisotopic (exact) mass is 251 g/mol. The van der Waals surface area contributed by atoms with Gasteiger partial charge in [-0.1, -0.05) is 13.3 Å². The first-order valence-corrected chi connectivity index (χ1v) is 5.99. The number of aromatic nitrogens is 2. The number of hydrogen-bond donors (Lipinski definition) is 1. The van der Waals surface area contributed by atoms with E-state index in [0.717, 1.165) is 18.5 Å². The van der Waals surface area contributed by atoms with Crippen LogP contribution in [0, 0.1) is 22.7 Å². The molecule has 1 aromatic heterocycles. The third kappa shape index (κ3) is 2.27. The van der Waals surface area contributed by atoms with Gasteiger partial charge in [-0.2, -0.15) is 15.6 Å². The molecule has 0 atom stereocenters. The molecule has 0 aliphatic heterocycles. The van der Waals surface area contributed by atoms with Gasteiger partial charge in [0.1, 0.15) is 17.5 Å². The Hall–Kier alpha value is -2.79. The molecule has 2 aromatic rings. The maximum atomic E-state index is 9.14. The summed E-state index contributed by atoms with van der Waals surface area (Å²) in [6, 6.07) is 11.1. The van der Waals surface area contributed by atoms with Crippen LogP contribution in [-0.2, 0) is 6.42 Å². The van der Waals surface area contributed by atoms with Gasteiger partial charge in [-0.15, -0.1) is 0 Å². The van der Waals surface area contributed by atoms with E-state index in [9.17, 15) is 0 Å². The Morgan fingerprint density at radius 2 is 1.89 bits per heavy atom. The summed E-state index contributed by atoms with van der Waals surface area (Å²) in [5.41, 5.74) is 8.43. The molecule has 2 rings (SSSR count). The molecule has 0 saturated heterocycles. The number of nitrogens with two attached hydrogens (primary N) is 1. The zero-order valence-electron chi connectivity index (χ0n) is 10.6.